The molecule has 0 fully saturated rings. The van der Waals surface area contributed by atoms with E-state index in [4.69, 9.17) is 0 Å². The second-order valence-corrected chi connectivity index (χ2v) is 7.76. The van der Waals surface area contributed by atoms with Gasteiger partial charge in [-0.25, -0.2) is 0 Å². The van der Waals surface area contributed by atoms with Crippen LogP contribution in [0.25, 0.3) is 0 Å². The molecule has 0 saturated carbocycles. The summed E-state index contributed by atoms with van der Waals surface area (Å²) in [5.74, 6) is -0.341. The van der Waals surface area contributed by atoms with Crippen molar-refractivity contribution in [1.82, 2.24) is 4.57 Å². The van der Waals surface area contributed by atoms with Gasteiger partial charge in [-0.05, 0) is 60.7 Å². The van der Waals surface area contributed by atoms with Gasteiger partial charge in [-0.15, -0.1) is 0 Å². The number of aromatic nitrogens is 1. The Morgan fingerprint density at radius 3 is 2.44 bits per heavy atom. The number of carbonyl (C=O) groups excluding carboxylic acids is 1. The Kier molecular flexibility index (Phi) is 7.42. The molecular weight excluding hydrogens is 404 g/mol. The molecule has 0 saturated heterocycles. The summed E-state index contributed by atoms with van der Waals surface area (Å²) in [7, 11) is 0. The number of hydrogen-bond donors (Lipinski definition) is 1. The summed E-state index contributed by atoms with van der Waals surface area (Å²) in [6, 6.07) is 5.96. The van der Waals surface area contributed by atoms with Gasteiger partial charge in [0.05, 0.1) is 4.47 Å². The van der Waals surface area contributed by atoms with Crippen LogP contribution in [-0.2, 0) is 13.0 Å². The first-order valence-electron chi connectivity index (χ1n) is 9.62. The highest BCUT2D eigenvalue weighted by molar-refractivity contribution is 9.10. The molecule has 1 aromatic carbocycles. The molecular formula is C22H29BrN2O2. The number of anilines is 1. The van der Waals surface area contributed by atoms with E-state index in [1.54, 1.807) is 0 Å². The first kappa shape index (κ1) is 21.4. The number of carbonyl (C=O) groups is 1. The molecule has 4 nitrogen and oxygen atoms in total. The second kappa shape index (κ2) is 9.36. The maximum Gasteiger partial charge on any atom is 0.261 e. The fourth-order valence-corrected chi connectivity index (χ4v) is 3.86. The molecule has 0 aliphatic carbocycles. The molecule has 1 aromatic heterocycles. The molecule has 2 aromatic rings. The third-order valence-corrected chi connectivity index (χ3v) is 6.04. The Morgan fingerprint density at radius 2 is 1.81 bits per heavy atom. The molecule has 0 radical (unpaired) electrons. The maximum atomic E-state index is 13.1. The van der Waals surface area contributed by atoms with Gasteiger partial charge in [0.1, 0.15) is 5.56 Å². The lowest BCUT2D eigenvalue weighted by atomic mass is 10.0. The lowest BCUT2D eigenvalue weighted by Crippen LogP contribution is -2.29. The monoisotopic (exact) mass is 432 g/mol. The molecule has 0 bridgehead atoms. The number of amides is 1. The van der Waals surface area contributed by atoms with E-state index in [0.29, 0.717) is 4.47 Å². The highest BCUT2D eigenvalue weighted by Crippen LogP contribution is 2.23. The van der Waals surface area contributed by atoms with Crippen LogP contribution in [0.1, 0.15) is 66.0 Å². The molecule has 2 rings (SSSR count). The number of nitrogens with zero attached hydrogens (tertiary/aromatic N) is 1. The van der Waals surface area contributed by atoms with Crippen LogP contribution in [0.4, 0.5) is 5.69 Å². The fraction of sp³-hybridized carbons (Fsp3) is 0.455. The van der Waals surface area contributed by atoms with Gasteiger partial charge in [-0.1, -0.05) is 44.9 Å². The van der Waals surface area contributed by atoms with Gasteiger partial charge in [0.25, 0.3) is 5.91 Å². The quantitative estimate of drug-likeness (QED) is 0.583. The zero-order valence-electron chi connectivity index (χ0n) is 16.9. The topological polar surface area (TPSA) is 51.1 Å². The van der Waals surface area contributed by atoms with Crippen molar-refractivity contribution < 1.29 is 4.79 Å². The summed E-state index contributed by atoms with van der Waals surface area (Å²) in [6.07, 6.45) is 4.08. The Hall–Kier alpha value is -1.88. The van der Waals surface area contributed by atoms with Gasteiger partial charge in [-0.3, -0.25) is 9.59 Å². The standard InChI is InChI=1S/C22H29BrN2O2/c1-6-8-9-13-25-15(4)18(21(26)19(23)16(25)5)22(27)24-20-14(3)11-10-12-17(20)7-2/h10-12H,6-9,13H2,1-5H3,(H,24,27). The van der Waals surface area contributed by atoms with Crippen LogP contribution < -0.4 is 10.7 Å². The number of unbranched alkanes of at least 4 members (excludes halogenated alkanes) is 2. The fourth-order valence-electron chi connectivity index (χ4n) is 3.44. The molecule has 0 aliphatic heterocycles. The molecule has 1 N–H and O–H groups in total. The third kappa shape index (κ3) is 4.52. The van der Waals surface area contributed by atoms with Crippen molar-refractivity contribution in [3.8, 4) is 0 Å². The van der Waals surface area contributed by atoms with Crippen molar-refractivity contribution in [2.45, 2.75) is 66.8 Å². The zero-order chi connectivity index (χ0) is 20.1. The van der Waals surface area contributed by atoms with E-state index in [1.165, 1.54) is 0 Å². The van der Waals surface area contributed by atoms with E-state index >= 15 is 0 Å². The summed E-state index contributed by atoms with van der Waals surface area (Å²) >= 11 is 3.41. The SMILES string of the molecule is CCCCCn1c(C)c(Br)c(=O)c(C(=O)Nc2c(C)cccc2CC)c1C. The smallest absolute Gasteiger partial charge is 0.261 e. The van der Waals surface area contributed by atoms with Crippen LogP contribution in [0, 0.1) is 20.8 Å². The Balaban J connectivity index is 2.49. The number of nitrogens with one attached hydrogen (secondary N) is 1. The predicted molar refractivity (Wildman–Crippen MR) is 116 cm³/mol. The number of para-hydroxylation sites is 1. The van der Waals surface area contributed by atoms with Crippen molar-refractivity contribution in [3.63, 3.8) is 0 Å². The minimum absolute atomic E-state index is 0.217. The summed E-state index contributed by atoms with van der Waals surface area (Å²) < 4.78 is 2.55. The summed E-state index contributed by atoms with van der Waals surface area (Å²) in [5, 5.41) is 3.00. The van der Waals surface area contributed by atoms with E-state index < -0.39 is 0 Å². The van der Waals surface area contributed by atoms with Crippen molar-refractivity contribution >= 4 is 27.5 Å². The molecule has 1 heterocycles. The van der Waals surface area contributed by atoms with E-state index in [2.05, 4.69) is 39.7 Å². The first-order chi connectivity index (χ1) is 12.8. The molecule has 5 heteroatoms. The van der Waals surface area contributed by atoms with Crippen LogP contribution in [0.5, 0.6) is 0 Å². The van der Waals surface area contributed by atoms with Crippen molar-refractivity contribution in [2.24, 2.45) is 0 Å². The van der Waals surface area contributed by atoms with Gasteiger partial charge in [0.15, 0.2) is 0 Å². The van der Waals surface area contributed by atoms with Gasteiger partial charge in [0, 0.05) is 23.6 Å². The van der Waals surface area contributed by atoms with Gasteiger partial charge in [0.2, 0.25) is 5.43 Å². The van der Waals surface area contributed by atoms with Crippen LogP contribution in [-0.4, -0.2) is 10.5 Å². The molecule has 1 amide bonds. The van der Waals surface area contributed by atoms with E-state index in [-0.39, 0.29) is 16.9 Å². The first-order valence-corrected chi connectivity index (χ1v) is 10.4. The number of hydrogen-bond acceptors (Lipinski definition) is 2. The molecule has 0 spiro atoms. The molecule has 27 heavy (non-hydrogen) atoms. The predicted octanol–water partition coefficient (Wildman–Crippen LogP) is 5.54. The Morgan fingerprint density at radius 1 is 1.11 bits per heavy atom. The summed E-state index contributed by atoms with van der Waals surface area (Å²) in [4.78, 5) is 25.9. The van der Waals surface area contributed by atoms with Crippen LogP contribution in [0.3, 0.4) is 0 Å². The molecule has 0 atom stereocenters. The van der Waals surface area contributed by atoms with Crippen LogP contribution >= 0.6 is 15.9 Å². The van der Waals surface area contributed by atoms with E-state index in [1.807, 2.05) is 39.0 Å². The van der Waals surface area contributed by atoms with Crippen molar-refractivity contribution in [2.75, 3.05) is 5.32 Å². The number of pyridine rings is 1. The normalized spacial score (nSPS) is 10.9. The second-order valence-electron chi connectivity index (χ2n) is 6.96. The summed E-state index contributed by atoms with van der Waals surface area (Å²) in [5.41, 5.74) is 4.43. The van der Waals surface area contributed by atoms with Crippen molar-refractivity contribution in [3.05, 3.63) is 61.0 Å². The maximum absolute atomic E-state index is 13.1. The average molecular weight is 433 g/mol. The number of aryl methyl sites for hydroxylation is 2. The van der Waals surface area contributed by atoms with Gasteiger partial charge >= 0.3 is 0 Å². The summed E-state index contributed by atoms with van der Waals surface area (Å²) in [6.45, 7) is 10.8. The number of halogens is 1. The highest BCUT2D eigenvalue weighted by atomic mass is 79.9. The third-order valence-electron chi connectivity index (χ3n) is 5.11. The number of benzene rings is 1. The van der Waals surface area contributed by atoms with Gasteiger partial charge in [-0.2, -0.15) is 0 Å². The Labute approximate surface area is 170 Å². The Bertz CT molecular complexity index is 900. The minimum atomic E-state index is -0.341. The van der Waals surface area contributed by atoms with Crippen LogP contribution in [0.15, 0.2) is 27.5 Å². The van der Waals surface area contributed by atoms with E-state index in [0.717, 1.165) is 60.4 Å². The molecule has 0 aliphatic rings. The average Bonchev–Trinajstić information content (AvgIpc) is 2.64. The lowest BCUT2D eigenvalue weighted by Gasteiger charge is -2.20. The molecule has 0 unspecified atom stereocenters. The molecule has 146 valence electrons. The largest absolute Gasteiger partial charge is 0.347 e. The minimum Gasteiger partial charge on any atom is -0.347 e. The van der Waals surface area contributed by atoms with Crippen molar-refractivity contribution in [1.29, 1.82) is 0 Å². The van der Waals surface area contributed by atoms with Crippen LogP contribution in [0.2, 0.25) is 0 Å². The number of rotatable bonds is 7. The van der Waals surface area contributed by atoms with E-state index in [9.17, 15) is 9.59 Å². The zero-order valence-corrected chi connectivity index (χ0v) is 18.5. The lowest BCUT2D eigenvalue weighted by molar-refractivity contribution is 0.102. The highest BCUT2D eigenvalue weighted by Gasteiger charge is 2.22. The van der Waals surface area contributed by atoms with Gasteiger partial charge < -0.3 is 9.88 Å².